The van der Waals surface area contributed by atoms with Gasteiger partial charge in [0.25, 0.3) is 0 Å². The van der Waals surface area contributed by atoms with E-state index in [1.807, 2.05) is 37.7 Å². The van der Waals surface area contributed by atoms with Crippen LogP contribution in [-0.2, 0) is 4.74 Å². The molecule has 0 bridgehead atoms. The Kier molecular flexibility index (Phi) is 7.29. The van der Waals surface area contributed by atoms with Crippen molar-refractivity contribution in [3.8, 4) is 0 Å². The Bertz CT molecular complexity index is 521. The summed E-state index contributed by atoms with van der Waals surface area (Å²) >= 11 is 1.82. The van der Waals surface area contributed by atoms with Crippen molar-refractivity contribution in [3.05, 3.63) is 29.8 Å². The number of hydrogen-bond donors (Lipinski definition) is 0. The summed E-state index contributed by atoms with van der Waals surface area (Å²) in [6, 6.07) is 8.07. The van der Waals surface area contributed by atoms with Gasteiger partial charge in [-0.1, -0.05) is 26.0 Å². The predicted octanol–water partition coefficient (Wildman–Crippen LogP) is 3.37. The fraction of sp³-hybridized carbons (Fsp3) is 0.632. The standard InChI is InChI=1S/C19H30N2O2S/c1-5-20(6-2)15-24-17-9-7-16(8-10-17)18(22)19(3,4)21-11-13-23-14-12-21/h7-10H,5-6,11-15H2,1-4H3. The lowest BCUT2D eigenvalue weighted by Gasteiger charge is -2.39. The van der Waals surface area contributed by atoms with Crippen LogP contribution in [0.5, 0.6) is 0 Å². The maximum atomic E-state index is 12.9. The first kappa shape index (κ1) is 19.4. The second-order valence-electron chi connectivity index (χ2n) is 6.59. The minimum atomic E-state index is -0.486. The molecule has 0 spiro atoms. The van der Waals surface area contributed by atoms with Crippen LogP contribution in [0.25, 0.3) is 0 Å². The van der Waals surface area contributed by atoms with Crippen LogP contribution < -0.4 is 0 Å². The van der Waals surface area contributed by atoms with E-state index in [4.69, 9.17) is 4.74 Å². The van der Waals surface area contributed by atoms with E-state index in [0.717, 1.165) is 37.6 Å². The quantitative estimate of drug-likeness (QED) is 0.408. The van der Waals surface area contributed by atoms with Crippen molar-refractivity contribution in [1.82, 2.24) is 9.80 Å². The minimum absolute atomic E-state index is 0.185. The molecule has 5 heteroatoms. The molecule has 2 rings (SSSR count). The number of ether oxygens (including phenoxy) is 1. The number of hydrogen-bond acceptors (Lipinski definition) is 5. The Morgan fingerprint density at radius 2 is 1.75 bits per heavy atom. The molecular formula is C19H30N2O2S. The molecule has 4 nitrogen and oxygen atoms in total. The molecule has 0 aliphatic carbocycles. The van der Waals surface area contributed by atoms with Crippen LogP contribution in [-0.4, -0.2) is 66.4 Å². The number of carbonyl (C=O) groups is 1. The third kappa shape index (κ3) is 4.82. The molecule has 0 radical (unpaired) electrons. The SMILES string of the molecule is CCN(CC)CSc1ccc(C(=O)C(C)(C)N2CCOCC2)cc1. The number of Topliss-reactive ketones (excluding diaryl/α,β-unsaturated/α-hetero) is 1. The van der Waals surface area contributed by atoms with E-state index in [9.17, 15) is 4.79 Å². The van der Waals surface area contributed by atoms with Crippen molar-refractivity contribution >= 4 is 17.5 Å². The highest BCUT2D eigenvalue weighted by molar-refractivity contribution is 7.99. The molecule has 1 aliphatic rings. The lowest BCUT2D eigenvalue weighted by molar-refractivity contribution is -0.00430. The number of thioether (sulfide) groups is 1. The summed E-state index contributed by atoms with van der Waals surface area (Å²) < 4.78 is 5.40. The molecule has 0 saturated carbocycles. The molecule has 1 fully saturated rings. The average Bonchev–Trinajstić information content (AvgIpc) is 2.63. The van der Waals surface area contributed by atoms with Gasteiger partial charge in [-0.25, -0.2) is 0 Å². The van der Waals surface area contributed by atoms with Crippen molar-refractivity contribution in [1.29, 1.82) is 0 Å². The Balaban J connectivity index is 1.99. The van der Waals surface area contributed by atoms with Gasteiger partial charge in [0.2, 0.25) is 0 Å². The monoisotopic (exact) mass is 350 g/mol. The van der Waals surface area contributed by atoms with Crippen LogP contribution in [0.15, 0.2) is 29.2 Å². The minimum Gasteiger partial charge on any atom is -0.379 e. The van der Waals surface area contributed by atoms with Crippen molar-refractivity contribution in [2.45, 2.75) is 38.1 Å². The zero-order chi connectivity index (χ0) is 17.6. The topological polar surface area (TPSA) is 32.8 Å². The number of benzene rings is 1. The summed E-state index contributed by atoms with van der Waals surface area (Å²) in [6.45, 7) is 13.6. The highest BCUT2D eigenvalue weighted by Gasteiger charge is 2.35. The van der Waals surface area contributed by atoms with Gasteiger partial charge < -0.3 is 4.74 Å². The van der Waals surface area contributed by atoms with Gasteiger partial charge in [-0.15, -0.1) is 11.8 Å². The molecule has 1 aromatic rings. The molecule has 0 unspecified atom stereocenters. The van der Waals surface area contributed by atoms with Crippen LogP contribution in [0, 0.1) is 0 Å². The summed E-state index contributed by atoms with van der Waals surface area (Å²) in [7, 11) is 0. The van der Waals surface area contributed by atoms with Gasteiger partial charge in [0.05, 0.1) is 18.8 Å². The summed E-state index contributed by atoms with van der Waals surface area (Å²) in [5.41, 5.74) is 0.304. The molecule has 1 aliphatic heterocycles. The average molecular weight is 351 g/mol. The summed E-state index contributed by atoms with van der Waals surface area (Å²) in [5.74, 6) is 1.17. The van der Waals surface area contributed by atoms with Gasteiger partial charge in [0.15, 0.2) is 5.78 Å². The van der Waals surface area contributed by atoms with Gasteiger partial charge in [0.1, 0.15) is 0 Å². The number of nitrogens with zero attached hydrogens (tertiary/aromatic N) is 2. The van der Waals surface area contributed by atoms with E-state index < -0.39 is 5.54 Å². The second kappa shape index (κ2) is 8.99. The smallest absolute Gasteiger partial charge is 0.182 e. The highest BCUT2D eigenvalue weighted by Crippen LogP contribution is 2.24. The van der Waals surface area contributed by atoms with Crippen LogP contribution in [0.1, 0.15) is 38.1 Å². The number of rotatable bonds is 8. The molecule has 1 aromatic carbocycles. The number of carbonyl (C=O) groups excluding carboxylic acids is 1. The van der Waals surface area contributed by atoms with E-state index in [-0.39, 0.29) is 5.78 Å². The van der Waals surface area contributed by atoms with Crippen molar-refractivity contribution < 1.29 is 9.53 Å². The fourth-order valence-electron chi connectivity index (χ4n) is 2.89. The van der Waals surface area contributed by atoms with E-state index in [1.54, 1.807) is 0 Å². The second-order valence-corrected chi connectivity index (χ2v) is 7.61. The summed E-state index contributed by atoms with van der Waals surface area (Å²) in [6.07, 6.45) is 0. The van der Waals surface area contributed by atoms with Crippen LogP contribution >= 0.6 is 11.8 Å². The molecule has 1 heterocycles. The highest BCUT2D eigenvalue weighted by atomic mass is 32.2. The zero-order valence-electron chi connectivity index (χ0n) is 15.4. The first-order valence-corrected chi connectivity index (χ1v) is 9.80. The Labute approximate surface area is 150 Å². The van der Waals surface area contributed by atoms with Crippen molar-refractivity contribution in [2.24, 2.45) is 0 Å². The molecule has 24 heavy (non-hydrogen) atoms. The van der Waals surface area contributed by atoms with E-state index >= 15 is 0 Å². The molecule has 0 atom stereocenters. The molecule has 0 aromatic heterocycles. The maximum absolute atomic E-state index is 12.9. The molecule has 1 saturated heterocycles. The molecule has 0 amide bonds. The van der Waals surface area contributed by atoms with Gasteiger partial charge >= 0.3 is 0 Å². The van der Waals surface area contributed by atoms with E-state index in [0.29, 0.717) is 13.2 Å². The fourth-order valence-corrected chi connectivity index (χ4v) is 3.92. The predicted molar refractivity (Wildman–Crippen MR) is 101 cm³/mol. The normalized spacial score (nSPS) is 16.5. The van der Waals surface area contributed by atoms with Gasteiger partial charge in [-0.2, -0.15) is 0 Å². The van der Waals surface area contributed by atoms with Crippen LogP contribution in [0.3, 0.4) is 0 Å². The Morgan fingerprint density at radius 3 is 2.29 bits per heavy atom. The first-order chi connectivity index (χ1) is 11.5. The number of ketones is 1. The molecular weight excluding hydrogens is 320 g/mol. The third-order valence-electron chi connectivity index (χ3n) is 4.78. The lowest BCUT2D eigenvalue weighted by atomic mass is 9.91. The third-order valence-corrected chi connectivity index (χ3v) is 5.88. The van der Waals surface area contributed by atoms with E-state index in [1.165, 1.54) is 4.90 Å². The van der Waals surface area contributed by atoms with Gasteiger partial charge in [-0.3, -0.25) is 14.6 Å². The van der Waals surface area contributed by atoms with Gasteiger partial charge in [-0.05, 0) is 39.1 Å². The summed E-state index contributed by atoms with van der Waals surface area (Å²) in [4.78, 5) is 18.8. The Hall–Kier alpha value is -0.880. The van der Waals surface area contributed by atoms with Crippen LogP contribution in [0.2, 0.25) is 0 Å². The Morgan fingerprint density at radius 1 is 1.17 bits per heavy atom. The zero-order valence-corrected chi connectivity index (χ0v) is 16.2. The number of morpholine rings is 1. The molecule has 0 N–H and O–H groups in total. The van der Waals surface area contributed by atoms with E-state index in [2.05, 4.69) is 35.8 Å². The molecule has 134 valence electrons. The summed E-state index contributed by atoms with van der Waals surface area (Å²) in [5, 5.41) is 0. The maximum Gasteiger partial charge on any atom is 0.182 e. The van der Waals surface area contributed by atoms with Crippen LogP contribution in [0.4, 0.5) is 0 Å². The van der Waals surface area contributed by atoms with Gasteiger partial charge in [0, 0.05) is 29.4 Å². The van der Waals surface area contributed by atoms with Crippen molar-refractivity contribution in [3.63, 3.8) is 0 Å². The van der Waals surface area contributed by atoms with Crippen molar-refractivity contribution in [2.75, 3.05) is 45.3 Å². The first-order valence-electron chi connectivity index (χ1n) is 8.81. The lowest BCUT2D eigenvalue weighted by Crippen LogP contribution is -2.54. The largest absolute Gasteiger partial charge is 0.379 e.